The second-order valence-corrected chi connectivity index (χ2v) is 6.11. The number of aromatic nitrogens is 1. The van der Waals surface area contributed by atoms with E-state index in [4.69, 9.17) is 4.74 Å². The minimum Gasteiger partial charge on any atom is -0.465 e. The molecule has 1 aliphatic rings. The van der Waals surface area contributed by atoms with Crippen LogP contribution in [0.4, 0.5) is 16.3 Å². The Kier molecular flexibility index (Phi) is 5.36. The van der Waals surface area contributed by atoms with Crippen LogP contribution >= 0.6 is 0 Å². The summed E-state index contributed by atoms with van der Waals surface area (Å²) in [6.45, 7) is 4.64. The summed E-state index contributed by atoms with van der Waals surface area (Å²) in [4.78, 5) is 32.5. The maximum absolute atomic E-state index is 12.5. The number of carbonyl (C=O) groups is 2. The number of esters is 1. The van der Waals surface area contributed by atoms with E-state index in [1.807, 2.05) is 25.1 Å². The molecule has 1 saturated heterocycles. The molecule has 136 valence electrons. The van der Waals surface area contributed by atoms with Gasteiger partial charge >= 0.3 is 12.0 Å². The van der Waals surface area contributed by atoms with Crippen LogP contribution < -0.4 is 10.2 Å². The SMILES string of the molecule is COC(=O)c1cccc(NC(=O)N2CCN(c3cccc(C)n3)CC2)c1. The highest BCUT2D eigenvalue weighted by atomic mass is 16.5. The molecule has 1 aromatic carbocycles. The molecule has 26 heavy (non-hydrogen) atoms. The predicted molar refractivity (Wildman–Crippen MR) is 99.6 cm³/mol. The van der Waals surface area contributed by atoms with Gasteiger partial charge in [-0.25, -0.2) is 14.6 Å². The molecule has 7 nitrogen and oxygen atoms in total. The molecule has 0 radical (unpaired) electrons. The molecule has 0 atom stereocenters. The number of ether oxygens (including phenoxy) is 1. The summed E-state index contributed by atoms with van der Waals surface area (Å²) in [5, 5.41) is 2.84. The van der Waals surface area contributed by atoms with Crippen LogP contribution in [0.5, 0.6) is 0 Å². The van der Waals surface area contributed by atoms with E-state index < -0.39 is 5.97 Å². The molecule has 1 fully saturated rings. The number of pyridine rings is 1. The normalized spacial score (nSPS) is 14.1. The second kappa shape index (κ2) is 7.86. The number of hydrogen-bond acceptors (Lipinski definition) is 5. The van der Waals surface area contributed by atoms with E-state index >= 15 is 0 Å². The fourth-order valence-electron chi connectivity index (χ4n) is 2.89. The number of hydrogen-bond donors (Lipinski definition) is 1. The number of piperazine rings is 1. The summed E-state index contributed by atoms with van der Waals surface area (Å²) < 4.78 is 4.70. The van der Waals surface area contributed by atoms with Gasteiger partial charge in [0.15, 0.2) is 0 Å². The van der Waals surface area contributed by atoms with Crippen LogP contribution in [-0.2, 0) is 4.74 Å². The lowest BCUT2D eigenvalue weighted by atomic mass is 10.2. The third-order valence-electron chi connectivity index (χ3n) is 4.30. The lowest BCUT2D eigenvalue weighted by molar-refractivity contribution is 0.0600. The number of amides is 2. The Labute approximate surface area is 152 Å². The first kappa shape index (κ1) is 17.7. The van der Waals surface area contributed by atoms with Gasteiger partial charge < -0.3 is 19.9 Å². The zero-order valence-corrected chi connectivity index (χ0v) is 14.9. The van der Waals surface area contributed by atoms with E-state index in [0.29, 0.717) is 24.3 Å². The summed E-state index contributed by atoms with van der Waals surface area (Å²) in [7, 11) is 1.33. The number of methoxy groups -OCH3 is 1. The monoisotopic (exact) mass is 354 g/mol. The quantitative estimate of drug-likeness (QED) is 0.858. The molecule has 1 aliphatic heterocycles. The van der Waals surface area contributed by atoms with Crippen LogP contribution in [0, 0.1) is 6.92 Å². The first-order valence-corrected chi connectivity index (χ1v) is 8.50. The van der Waals surface area contributed by atoms with Crippen molar-refractivity contribution in [1.29, 1.82) is 0 Å². The summed E-state index contributed by atoms with van der Waals surface area (Å²) in [6.07, 6.45) is 0. The van der Waals surface area contributed by atoms with E-state index in [1.165, 1.54) is 7.11 Å². The van der Waals surface area contributed by atoms with E-state index in [0.717, 1.165) is 24.6 Å². The molecule has 0 unspecified atom stereocenters. The minimum atomic E-state index is -0.430. The molecule has 0 saturated carbocycles. The van der Waals surface area contributed by atoms with Crippen LogP contribution in [0.1, 0.15) is 16.1 Å². The Morgan fingerprint density at radius 1 is 1.08 bits per heavy atom. The van der Waals surface area contributed by atoms with Gasteiger partial charge in [-0.05, 0) is 37.3 Å². The largest absolute Gasteiger partial charge is 0.465 e. The van der Waals surface area contributed by atoms with Crippen molar-refractivity contribution in [2.24, 2.45) is 0 Å². The molecule has 2 heterocycles. The Morgan fingerprint density at radius 3 is 2.50 bits per heavy atom. The van der Waals surface area contributed by atoms with Gasteiger partial charge in [0.25, 0.3) is 0 Å². The van der Waals surface area contributed by atoms with Crippen molar-refractivity contribution in [1.82, 2.24) is 9.88 Å². The van der Waals surface area contributed by atoms with Crippen molar-refractivity contribution in [3.63, 3.8) is 0 Å². The highest BCUT2D eigenvalue weighted by molar-refractivity contribution is 5.94. The predicted octanol–water partition coefficient (Wildman–Crippen LogP) is 2.53. The van der Waals surface area contributed by atoms with Gasteiger partial charge in [-0.1, -0.05) is 12.1 Å². The average Bonchev–Trinajstić information content (AvgIpc) is 2.67. The summed E-state index contributed by atoms with van der Waals surface area (Å²) >= 11 is 0. The van der Waals surface area contributed by atoms with Crippen molar-refractivity contribution >= 4 is 23.5 Å². The lowest BCUT2D eigenvalue weighted by Gasteiger charge is -2.35. The molecule has 0 spiro atoms. The highest BCUT2D eigenvalue weighted by Crippen LogP contribution is 2.16. The molecule has 1 aromatic heterocycles. The number of carbonyl (C=O) groups excluding carboxylic acids is 2. The van der Waals surface area contributed by atoms with Gasteiger partial charge in [0.05, 0.1) is 12.7 Å². The molecule has 7 heteroatoms. The number of anilines is 2. The van der Waals surface area contributed by atoms with E-state index in [2.05, 4.69) is 15.2 Å². The number of rotatable bonds is 3. The zero-order valence-electron chi connectivity index (χ0n) is 14.9. The van der Waals surface area contributed by atoms with Gasteiger partial charge in [0, 0.05) is 37.6 Å². The second-order valence-electron chi connectivity index (χ2n) is 6.11. The smallest absolute Gasteiger partial charge is 0.337 e. The number of aryl methyl sites for hydroxylation is 1. The summed E-state index contributed by atoms with van der Waals surface area (Å²) in [5.41, 5.74) is 1.95. The van der Waals surface area contributed by atoms with E-state index in [-0.39, 0.29) is 6.03 Å². The lowest BCUT2D eigenvalue weighted by Crippen LogP contribution is -2.50. The van der Waals surface area contributed by atoms with Crippen LogP contribution in [0.2, 0.25) is 0 Å². The zero-order chi connectivity index (χ0) is 18.5. The average molecular weight is 354 g/mol. The Hall–Kier alpha value is -3.09. The van der Waals surface area contributed by atoms with Gasteiger partial charge in [-0.15, -0.1) is 0 Å². The molecule has 0 aliphatic carbocycles. The molecule has 1 N–H and O–H groups in total. The number of nitrogens with one attached hydrogen (secondary N) is 1. The van der Waals surface area contributed by atoms with Crippen molar-refractivity contribution in [3.8, 4) is 0 Å². The molecule has 3 rings (SSSR count). The number of nitrogens with zero attached hydrogens (tertiary/aromatic N) is 3. The maximum Gasteiger partial charge on any atom is 0.337 e. The Balaban J connectivity index is 1.58. The van der Waals surface area contributed by atoms with E-state index in [1.54, 1.807) is 29.2 Å². The van der Waals surface area contributed by atoms with Crippen LogP contribution in [0.25, 0.3) is 0 Å². The van der Waals surface area contributed by atoms with Gasteiger partial charge in [-0.2, -0.15) is 0 Å². The third-order valence-corrected chi connectivity index (χ3v) is 4.30. The van der Waals surface area contributed by atoms with Crippen LogP contribution in [0.3, 0.4) is 0 Å². The third kappa shape index (κ3) is 4.11. The Bertz CT molecular complexity index is 801. The van der Waals surface area contributed by atoms with Crippen LogP contribution in [0.15, 0.2) is 42.5 Å². The summed E-state index contributed by atoms with van der Waals surface area (Å²) in [5.74, 6) is 0.510. The standard InChI is InChI=1S/C19H22N4O3/c1-14-5-3-8-17(20-14)22-9-11-23(12-10-22)19(25)21-16-7-4-6-15(13-16)18(24)26-2/h3-8,13H,9-12H2,1-2H3,(H,21,25). The molecule has 0 bridgehead atoms. The van der Waals surface area contributed by atoms with E-state index in [9.17, 15) is 9.59 Å². The molecule has 2 aromatic rings. The molecular formula is C19H22N4O3. The fraction of sp³-hybridized carbons (Fsp3) is 0.316. The van der Waals surface area contributed by atoms with Gasteiger partial charge in [0.1, 0.15) is 5.82 Å². The number of benzene rings is 1. The minimum absolute atomic E-state index is 0.177. The van der Waals surface area contributed by atoms with Crippen molar-refractivity contribution in [2.45, 2.75) is 6.92 Å². The number of urea groups is 1. The first-order chi connectivity index (χ1) is 12.6. The maximum atomic E-state index is 12.5. The van der Waals surface area contributed by atoms with Gasteiger partial charge in [0.2, 0.25) is 0 Å². The Morgan fingerprint density at radius 2 is 1.81 bits per heavy atom. The van der Waals surface area contributed by atoms with Gasteiger partial charge in [-0.3, -0.25) is 0 Å². The highest BCUT2D eigenvalue weighted by Gasteiger charge is 2.22. The summed E-state index contributed by atoms with van der Waals surface area (Å²) in [6, 6.07) is 12.5. The molecular weight excluding hydrogens is 332 g/mol. The fourth-order valence-corrected chi connectivity index (χ4v) is 2.89. The van der Waals surface area contributed by atoms with Crippen molar-refractivity contribution in [2.75, 3.05) is 43.5 Å². The topological polar surface area (TPSA) is 74.8 Å². The van der Waals surface area contributed by atoms with Crippen molar-refractivity contribution in [3.05, 3.63) is 53.7 Å². The van der Waals surface area contributed by atoms with Crippen LogP contribution in [-0.4, -0.2) is 55.2 Å². The molecule has 2 amide bonds. The first-order valence-electron chi connectivity index (χ1n) is 8.50. The van der Waals surface area contributed by atoms with Crippen molar-refractivity contribution < 1.29 is 14.3 Å².